The van der Waals surface area contributed by atoms with Crippen molar-refractivity contribution in [1.29, 1.82) is 0 Å². The van der Waals surface area contributed by atoms with E-state index in [0.29, 0.717) is 10.6 Å². The van der Waals surface area contributed by atoms with E-state index < -0.39 is 18.5 Å². The minimum Gasteiger partial charge on any atom is -0.452 e. The van der Waals surface area contributed by atoms with Crippen molar-refractivity contribution in [2.24, 2.45) is 5.73 Å². The largest absolute Gasteiger partial charge is 0.452 e. The molecule has 0 bridgehead atoms. The summed E-state index contributed by atoms with van der Waals surface area (Å²) in [6.45, 7) is 3.56. The summed E-state index contributed by atoms with van der Waals surface area (Å²) in [6.07, 6.45) is 1.61. The number of aromatic nitrogens is 1. The van der Waals surface area contributed by atoms with Gasteiger partial charge in [0.2, 0.25) is 0 Å². The molecule has 1 aromatic heterocycles. The van der Waals surface area contributed by atoms with E-state index in [2.05, 4.69) is 4.98 Å². The molecule has 0 saturated carbocycles. The number of primary amides is 1. The zero-order chi connectivity index (χ0) is 16.1. The molecule has 0 aliphatic carbocycles. The average Bonchev–Trinajstić information content (AvgIpc) is 2.49. The molecule has 5 nitrogen and oxygen atoms in total. The highest BCUT2D eigenvalue weighted by molar-refractivity contribution is 7.99. The van der Waals surface area contributed by atoms with Crippen LogP contribution in [0.1, 0.15) is 21.5 Å². The number of esters is 1. The zero-order valence-electron chi connectivity index (χ0n) is 12.3. The summed E-state index contributed by atoms with van der Waals surface area (Å²) < 4.78 is 4.86. The third-order valence-electron chi connectivity index (χ3n) is 2.89. The number of hydrogen-bond acceptors (Lipinski definition) is 5. The fraction of sp³-hybridized carbons (Fsp3) is 0.188. The minimum atomic E-state index is -0.694. The van der Waals surface area contributed by atoms with Gasteiger partial charge in [0.05, 0.1) is 5.56 Å². The van der Waals surface area contributed by atoms with Crippen LogP contribution in [0.5, 0.6) is 0 Å². The monoisotopic (exact) mass is 316 g/mol. The summed E-state index contributed by atoms with van der Waals surface area (Å²) in [5.74, 6) is -1.30. The molecule has 0 radical (unpaired) electrons. The van der Waals surface area contributed by atoms with Crippen LogP contribution in [0.15, 0.2) is 46.5 Å². The number of pyridine rings is 1. The van der Waals surface area contributed by atoms with Crippen LogP contribution in [0.2, 0.25) is 0 Å². The summed E-state index contributed by atoms with van der Waals surface area (Å²) in [7, 11) is 0. The Morgan fingerprint density at radius 3 is 2.77 bits per heavy atom. The smallest absolute Gasteiger partial charge is 0.341 e. The van der Waals surface area contributed by atoms with Crippen LogP contribution in [0.4, 0.5) is 0 Å². The van der Waals surface area contributed by atoms with Gasteiger partial charge in [-0.05, 0) is 43.2 Å². The van der Waals surface area contributed by atoms with E-state index in [9.17, 15) is 9.59 Å². The second-order valence-corrected chi connectivity index (χ2v) is 5.80. The molecule has 2 aromatic rings. The first-order chi connectivity index (χ1) is 10.5. The van der Waals surface area contributed by atoms with Crippen LogP contribution < -0.4 is 5.73 Å². The molecule has 2 rings (SSSR count). The van der Waals surface area contributed by atoms with Gasteiger partial charge in [0, 0.05) is 11.1 Å². The number of hydrogen-bond donors (Lipinski definition) is 1. The van der Waals surface area contributed by atoms with Crippen molar-refractivity contribution in [3.05, 3.63) is 53.2 Å². The van der Waals surface area contributed by atoms with Gasteiger partial charge in [0.15, 0.2) is 6.61 Å². The standard InChI is InChI=1S/C16H16N2O3S/c1-10-5-6-11(2)13(8-10)22-15-12(4-3-7-18-15)16(20)21-9-14(17)19/h3-8H,9H2,1-2H3,(H2,17,19). The van der Waals surface area contributed by atoms with Crippen LogP contribution >= 0.6 is 11.8 Å². The predicted molar refractivity (Wildman–Crippen MR) is 83.8 cm³/mol. The van der Waals surface area contributed by atoms with Crippen LogP contribution in [0, 0.1) is 13.8 Å². The maximum absolute atomic E-state index is 12.0. The van der Waals surface area contributed by atoms with E-state index in [1.54, 1.807) is 18.3 Å². The number of ether oxygens (including phenoxy) is 1. The Kier molecular flexibility index (Phi) is 5.16. The predicted octanol–water partition coefficient (Wildman–Crippen LogP) is 2.49. The van der Waals surface area contributed by atoms with Crippen LogP contribution in [-0.2, 0) is 9.53 Å². The van der Waals surface area contributed by atoms with Gasteiger partial charge < -0.3 is 10.5 Å². The Morgan fingerprint density at radius 2 is 2.05 bits per heavy atom. The van der Waals surface area contributed by atoms with Gasteiger partial charge in [-0.2, -0.15) is 0 Å². The molecule has 0 fully saturated rings. The Labute approximate surface area is 132 Å². The number of aryl methyl sites for hydroxylation is 2. The summed E-state index contributed by atoms with van der Waals surface area (Å²) in [5, 5.41) is 0.533. The fourth-order valence-electron chi connectivity index (χ4n) is 1.76. The lowest BCUT2D eigenvalue weighted by atomic mass is 10.2. The molecule has 22 heavy (non-hydrogen) atoms. The summed E-state index contributed by atoms with van der Waals surface area (Å²) in [4.78, 5) is 28.0. The van der Waals surface area contributed by atoms with Crippen LogP contribution in [-0.4, -0.2) is 23.5 Å². The maximum atomic E-state index is 12.0. The quantitative estimate of drug-likeness (QED) is 0.857. The number of amides is 1. The lowest BCUT2D eigenvalue weighted by molar-refractivity contribution is -0.121. The number of carbonyl (C=O) groups excluding carboxylic acids is 2. The Hall–Kier alpha value is -2.34. The molecule has 0 saturated heterocycles. The number of nitrogens with zero attached hydrogens (tertiary/aromatic N) is 1. The molecule has 0 aliphatic rings. The van der Waals surface area contributed by atoms with Crippen molar-refractivity contribution in [3.63, 3.8) is 0 Å². The molecular formula is C16H16N2O3S. The first-order valence-electron chi connectivity index (χ1n) is 6.63. The highest BCUT2D eigenvalue weighted by Crippen LogP contribution is 2.31. The first-order valence-corrected chi connectivity index (χ1v) is 7.44. The summed E-state index contributed by atoms with van der Waals surface area (Å²) >= 11 is 1.39. The van der Waals surface area contributed by atoms with E-state index in [1.165, 1.54) is 11.8 Å². The number of nitrogens with two attached hydrogens (primary N) is 1. The second kappa shape index (κ2) is 7.09. The van der Waals surface area contributed by atoms with Crippen molar-refractivity contribution >= 4 is 23.6 Å². The Bertz CT molecular complexity index is 716. The molecule has 1 aromatic carbocycles. The van der Waals surface area contributed by atoms with Crippen molar-refractivity contribution in [3.8, 4) is 0 Å². The van der Waals surface area contributed by atoms with Gasteiger partial charge in [-0.25, -0.2) is 9.78 Å². The molecule has 1 amide bonds. The van der Waals surface area contributed by atoms with Gasteiger partial charge in [-0.3, -0.25) is 4.79 Å². The molecule has 2 N–H and O–H groups in total. The second-order valence-electron chi connectivity index (χ2n) is 4.77. The van der Waals surface area contributed by atoms with Gasteiger partial charge in [0.25, 0.3) is 5.91 Å². The first kappa shape index (κ1) is 16.0. The summed E-state index contributed by atoms with van der Waals surface area (Å²) in [5.41, 5.74) is 7.52. The highest BCUT2D eigenvalue weighted by Gasteiger charge is 2.16. The highest BCUT2D eigenvalue weighted by atomic mass is 32.2. The van der Waals surface area contributed by atoms with Crippen molar-refractivity contribution in [2.75, 3.05) is 6.61 Å². The van der Waals surface area contributed by atoms with Crippen LogP contribution in [0.25, 0.3) is 0 Å². The minimum absolute atomic E-state index is 0.314. The summed E-state index contributed by atoms with van der Waals surface area (Å²) in [6, 6.07) is 9.34. The van der Waals surface area contributed by atoms with E-state index in [-0.39, 0.29) is 0 Å². The average molecular weight is 316 g/mol. The van der Waals surface area contributed by atoms with E-state index in [0.717, 1.165) is 16.0 Å². The third kappa shape index (κ3) is 4.08. The lowest BCUT2D eigenvalue weighted by Gasteiger charge is -2.09. The lowest BCUT2D eigenvalue weighted by Crippen LogP contribution is -2.21. The number of benzene rings is 1. The van der Waals surface area contributed by atoms with Crippen molar-refractivity contribution < 1.29 is 14.3 Å². The Balaban J connectivity index is 2.26. The fourth-order valence-corrected chi connectivity index (χ4v) is 2.82. The molecule has 0 unspecified atom stereocenters. The van der Waals surface area contributed by atoms with E-state index in [1.807, 2.05) is 32.0 Å². The normalized spacial score (nSPS) is 10.3. The topological polar surface area (TPSA) is 82.3 Å². The molecule has 0 aliphatic heterocycles. The molecule has 6 heteroatoms. The number of carbonyl (C=O) groups is 2. The molecule has 0 spiro atoms. The van der Waals surface area contributed by atoms with E-state index >= 15 is 0 Å². The van der Waals surface area contributed by atoms with Crippen LogP contribution in [0.3, 0.4) is 0 Å². The van der Waals surface area contributed by atoms with E-state index in [4.69, 9.17) is 10.5 Å². The van der Waals surface area contributed by atoms with Gasteiger partial charge >= 0.3 is 5.97 Å². The molecule has 114 valence electrons. The zero-order valence-corrected chi connectivity index (χ0v) is 13.1. The molecule has 0 atom stereocenters. The van der Waals surface area contributed by atoms with Gasteiger partial charge in [-0.1, -0.05) is 23.9 Å². The van der Waals surface area contributed by atoms with Gasteiger partial charge in [0.1, 0.15) is 5.03 Å². The molecular weight excluding hydrogens is 300 g/mol. The van der Waals surface area contributed by atoms with Gasteiger partial charge in [-0.15, -0.1) is 0 Å². The maximum Gasteiger partial charge on any atom is 0.341 e. The SMILES string of the molecule is Cc1ccc(C)c(Sc2ncccc2C(=O)OCC(N)=O)c1. The Morgan fingerprint density at radius 1 is 1.27 bits per heavy atom. The van der Waals surface area contributed by atoms with Crippen molar-refractivity contribution in [2.45, 2.75) is 23.8 Å². The number of rotatable bonds is 5. The van der Waals surface area contributed by atoms with Crippen molar-refractivity contribution in [1.82, 2.24) is 4.98 Å². The molecule has 1 heterocycles. The third-order valence-corrected chi connectivity index (χ3v) is 4.07.